The van der Waals surface area contributed by atoms with E-state index >= 15 is 0 Å². The van der Waals surface area contributed by atoms with Crippen LogP contribution in [0.1, 0.15) is 29.8 Å². The predicted octanol–water partition coefficient (Wildman–Crippen LogP) is 2.12. The van der Waals surface area contributed by atoms with Crippen molar-refractivity contribution < 1.29 is 14.3 Å². The first-order valence-corrected chi connectivity index (χ1v) is 6.89. The number of thiazole rings is 1. The highest BCUT2D eigenvalue weighted by atomic mass is 32.1. The van der Waals surface area contributed by atoms with Gasteiger partial charge in [0.15, 0.2) is 0 Å². The topological polar surface area (TPSA) is 72.6 Å². The van der Waals surface area contributed by atoms with Gasteiger partial charge in [0.25, 0.3) is 0 Å². The van der Waals surface area contributed by atoms with Crippen molar-refractivity contribution in [3.05, 3.63) is 44.4 Å². The summed E-state index contributed by atoms with van der Waals surface area (Å²) >= 11 is 1.59. The van der Waals surface area contributed by atoms with Gasteiger partial charge in [0.1, 0.15) is 25.2 Å². The molecular weight excluding hydrogens is 266 g/mol. The number of hydrogen-bond donors (Lipinski definition) is 1. The molecule has 6 heteroatoms. The Morgan fingerprint density at radius 1 is 1.53 bits per heavy atom. The van der Waals surface area contributed by atoms with Crippen LogP contribution in [0.25, 0.3) is 0 Å². The molecule has 1 N–H and O–H groups in total. The highest BCUT2D eigenvalue weighted by Gasteiger charge is 2.06. The summed E-state index contributed by atoms with van der Waals surface area (Å²) in [6.07, 6.45) is 3.23. The second-order valence-corrected chi connectivity index (χ2v) is 4.95. The molecule has 0 radical (unpaired) electrons. The molecule has 19 heavy (non-hydrogen) atoms. The lowest BCUT2D eigenvalue weighted by Gasteiger charge is -2.03. The van der Waals surface area contributed by atoms with Crippen LogP contribution in [0.5, 0.6) is 5.75 Å². The Morgan fingerprint density at radius 3 is 3.05 bits per heavy atom. The number of aromatic nitrogens is 1. The molecule has 0 bridgehead atoms. The average molecular weight is 281 g/mol. The first-order chi connectivity index (χ1) is 9.22. The SMILES string of the molecule is CCCc1nc(COc2coc(CO)cc2=O)cs1. The zero-order valence-corrected chi connectivity index (χ0v) is 11.4. The number of aliphatic hydroxyl groups excluding tert-OH is 1. The Kier molecular flexibility index (Phi) is 4.70. The Bertz CT molecular complexity index is 590. The Hall–Kier alpha value is -1.66. The molecule has 0 amide bonds. The van der Waals surface area contributed by atoms with Crippen LogP contribution < -0.4 is 10.2 Å². The zero-order valence-electron chi connectivity index (χ0n) is 10.6. The van der Waals surface area contributed by atoms with Gasteiger partial charge in [-0.25, -0.2) is 4.98 Å². The molecule has 2 aromatic heterocycles. The lowest BCUT2D eigenvalue weighted by atomic mass is 10.3. The fourth-order valence-electron chi connectivity index (χ4n) is 1.52. The molecule has 102 valence electrons. The fraction of sp³-hybridized carbons (Fsp3) is 0.385. The van der Waals surface area contributed by atoms with Gasteiger partial charge in [-0.2, -0.15) is 0 Å². The Labute approximate surface area is 114 Å². The molecule has 0 atom stereocenters. The van der Waals surface area contributed by atoms with Crippen LogP contribution in [0.4, 0.5) is 0 Å². The molecule has 0 saturated heterocycles. The molecule has 0 unspecified atom stereocenters. The molecule has 2 heterocycles. The molecule has 0 aliphatic carbocycles. The lowest BCUT2D eigenvalue weighted by molar-refractivity contribution is 0.235. The number of hydrogen-bond acceptors (Lipinski definition) is 6. The average Bonchev–Trinajstić information content (AvgIpc) is 2.85. The predicted molar refractivity (Wildman–Crippen MR) is 71.3 cm³/mol. The van der Waals surface area contributed by atoms with E-state index < -0.39 is 0 Å². The standard InChI is InChI=1S/C13H15NO4S/c1-2-3-13-14-9(8-19-13)6-18-12-7-17-10(5-15)4-11(12)16/h4,7-8,15H,2-3,5-6H2,1H3. The van der Waals surface area contributed by atoms with Crippen LogP contribution in [0.2, 0.25) is 0 Å². The van der Waals surface area contributed by atoms with E-state index in [0.717, 1.165) is 23.5 Å². The maximum Gasteiger partial charge on any atom is 0.227 e. The van der Waals surface area contributed by atoms with E-state index in [4.69, 9.17) is 14.3 Å². The third kappa shape index (κ3) is 3.65. The van der Waals surface area contributed by atoms with E-state index in [1.54, 1.807) is 11.3 Å². The van der Waals surface area contributed by atoms with Crippen molar-refractivity contribution in [2.45, 2.75) is 33.0 Å². The highest BCUT2D eigenvalue weighted by Crippen LogP contribution is 2.14. The molecule has 0 aliphatic rings. The minimum absolute atomic E-state index is 0.127. The maximum absolute atomic E-state index is 11.6. The number of nitrogens with zero attached hydrogens (tertiary/aromatic N) is 1. The van der Waals surface area contributed by atoms with E-state index in [1.807, 2.05) is 5.38 Å². The summed E-state index contributed by atoms with van der Waals surface area (Å²) in [5.74, 6) is 0.346. The minimum atomic E-state index is -0.306. The van der Waals surface area contributed by atoms with Gasteiger partial charge in [-0.05, 0) is 12.8 Å². The van der Waals surface area contributed by atoms with Crippen molar-refractivity contribution in [3.8, 4) is 5.75 Å². The molecular formula is C13H15NO4S. The summed E-state index contributed by atoms with van der Waals surface area (Å²) in [4.78, 5) is 16.0. The Morgan fingerprint density at radius 2 is 2.37 bits per heavy atom. The van der Waals surface area contributed by atoms with Gasteiger partial charge in [-0.15, -0.1) is 11.3 Å². The number of aryl methyl sites for hydroxylation is 1. The second kappa shape index (κ2) is 6.49. The van der Waals surface area contributed by atoms with Gasteiger partial charge in [0, 0.05) is 11.4 Å². The van der Waals surface area contributed by atoms with E-state index in [2.05, 4.69) is 11.9 Å². The first-order valence-electron chi connectivity index (χ1n) is 6.01. The third-order valence-electron chi connectivity index (χ3n) is 2.45. The van der Waals surface area contributed by atoms with Gasteiger partial charge in [0.2, 0.25) is 11.2 Å². The van der Waals surface area contributed by atoms with Crippen LogP contribution in [0, 0.1) is 0 Å². The van der Waals surface area contributed by atoms with Crippen molar-refractivity contribution in [2.75, 3.05) is 0 Å². The van der Waals surface area contributed by atoms with E-state index in [9.17, 15) is 4.79 Å². The molecule has 0 fully saturated rings. The molecule has 0 spiro atoms. The van der Waals surface area contributed by atoms with Crippen LogP contribution in [-0.4, -0.2) is 10.1 Å². The number of ether oxygens (including phenoxy) is 1. The van der Waals surface area contributed by atoms with Crippen molar-refractivity contribution in [2.24, 2.45) is 0 Å². The molecule has 0 saturated carbocycles. The van der Waals surface area contributed by atoms with Crippen LogP contribution in [0.3, 0.4) is 0 Å². The van der Waals surface area contributed by atoms with Crippen LogP contribution in [-0.2, 0) is 19.6 Å². The van der Waals surface area contributed by atoms with Gasteiger partial charge in [-0.3, -0.25) is 4.79 Å². The van der Waals surface area contributed by atoms with Crippen molar-refractivity contribution in [1.82, 2.24) is 4.98 Å². The lowest BCUT2D eigenvalue weighted by Crippen LogP contribution is -2.08. The summed E-state index contributed by atoms with van der Waals surface area (Å²) in [6.45, 7) is 2.04. The van der Waals surface area contributed by atoms with Gasteiger partial charge in [-0.1, -0.05) is 6.92 Å². The van der Waals surface area contributed by atoms with Crippen molar-refractivity contribution in [1.29, 1.82) is 0 Å². The quantitative estimate of drug-likeness (QED) is 0.878. The third-order valence-corrected chi connectivity index (χ3v) is 3.40. The highest BCUT2D eigenvalue weighted by molar-refractivity contribution is 7.09. The van der Waals surface area contributed by atoms with E-state index in [1.165, 1.54) is 12.3 Å². The Balaban J connectivity index is 1.99. The summed E-state index contributed by atoms with van der Waals surface area (Å²) in [5.41, 5.74) is 0.499. The largest absolute Gasteiger partial charge is 0.480 e. The zero-order chi connectivity index (χ0) is 13.7. The van der Waals surface area contributed by atoms with Gasteiger partial charge >= 0.3 is 0 Å². The van der Waals surface area contributed by atoms with Gasteiger partial charge < -0.3 is 14.3 Å². The summed E-state index contributed by atoms with van der Waals surface area (Å²) < 4.78 is 10.4. The molecule has 2 aromatic rings. The normalized spacial score (nSPS) is 10.6. The number of rotatable bonds is 6. The monoisotopic (exact) mass is 281 g/mol. The molecule has 0 aliphatic heterocycles. The van der Waals surface area contributed by atoms with Crippen LogP contribution in [0.15, 0.2) is 26.9 Å². The summed E-state index contributed by atoms with van der Waals surface area (Å²) in [5, 5.41) is 11.8. The molecule has 5 nitrogen and oxygen atoms in total. The summed E-state index contributed by atoms with van der Waals surface area (Å²) in [6, 6.07) is 1.22. The smallest absolute Gasteiger partial charge is 0.227 e. The summed E-state index contributed by atoms with van der Waals surface area (Å²) in [7, 11) is 0. The van der Waals surface area contributed by atoms with Crippen molar-refractivity contribution >= 4 is 11.3 Å². The van der Waals surface area contributed by atoms with Gasteiger partial charge in [0.05, 0.1) is 10.7 Å². The van der Waals surface area contributed by atoms with E-state index in [0.29, 0.717) is 0 Å². The second-order valence-electron chi connectivity index (χ2n) is 4.00. The molecule has 0 aromatic carbocycles. The minimum Gasteiger partial charge on any atom is -0.480 e. The van der Waals surface area contributed by atoms with E-state index in [-0.39, 0.29) is 30.2 Å². The molecule has 2 rings (SSSR count). The maximum atomic E-state index is 11.6. The first kappa shape index (κ1) is 13.8. The van der Waals surface area contributed by atoms with Crippen molar-refractivity contribution in [3.63, 3.8) is 0 Å². The van der Waals surface area contributed by atoms with Crippen LogP contribution >= 0.6 is 11.3 Å². The fourth-order valence-corrected chi connectivity index (χ4v) is 2.41. The number of aliphatic hydroxyl groups is 1.